The van der Waals surface area contributed by atoms with E-state index in [0.717, 1.165) is 18.5 Å². The summed E-state index contributed by atoms with van der Waals surface area (Å²) in [5.74, 6) is -0.0145. The first-order valence-corrected chi connectivity index (χ1v) is 11.1. The molecular formula is C23H27N9O3. The van der Waals surface area contributed by atoms with Gasteiger partial charge in [0, 0.05) is 43.4 Å². The number of amides is 2. The van der Waals surface area contributed by atoms with Crippen LogP contribution >= 0.6 is 0 Å². The van der Waals surface area contributed by atoms with E-state index >= 15 is 0 Å². The monoisotopic (exact) mass is 480 g/mol. The van der Waals surface area contributed by atoms with E-state index in [1.165, 1.54) is 30.4 Å². The van der Waals surface area contributed by atoms with Crippen LogP contribution in [0.5, 0.6) is 5.75 Å². The Kier molecular flexibility index (Phi) is 4.66. The zero-order chi connectivity index (χ0) is 27.4. The Hall–Kier alpha value is -4.22. The molecule has 35 heavy (non-hydrogen) atoms. The Morgan fingerprint density at radius 1 is 1.20 bits per heavy atom. The number of pyridine rings is 2. The maximum absolute atomic E-state index is 12.9. The van der Waals surface area contributed by atoms with Gasteiger partial charge in [-0.15, -0.1) is 0 Å². The molecule has 2 amide bonds. The highest BCUT2D eigenvalue weighted by Crippen LogP contribution is 2.50. The van der Waals surface area contributed by atoms with Gasteiger partial charge in [0.1, 0.15) is 23.0 Å². The quantitative estimate of drug-likeness (QED) is 0.485. The van der Waals surface area contributed by atoms with Crippen molar-refractivity contribution in [2.75, 3.05) is 36.7 Å². The van der Waals surface area contributed by atoms with E-state index < -0.39 is 12.9 Å². The molecule has 0 spiro atoms. The molecule has 1 saturated carbocycles. The lowest BCUT2D eigenvalue weighted by molar-refractivity contribution is -0.117. The highest BCUT2D eigenvalue weighted by molar-refractivity contribution is 6.02. The normalized spacial score (nSPS) is 17.9. The number of carbonyl (C=O) groups is 2. The van der Waals surface area contributed by atoms with Crippen molar-refractivity contribution < 1.29 is 18.4 Å². The number of aryl methyl sites for hydroxylation is 1. The summed E-state index contributed by atoms with van der Waals surface area (Å²) in [5.41, 5.74) is 2.89. The summed E-state index contributed by atoms with van der Waals surface area (Å²) in [6.07, 6.45) is 4.37. The Balaban J connectivity index is 1.61. The molecule has 2 aliphatic rings. The summed E-state index contributed by atoms with van der Waals surface area (Å²) in [6.45, 7) is -0.727. The predicted octanol–water partition coefficient (Wildman–Crippen LogP) is 2.24. The van der Waals surface area contributed by atoms with Crippen molar-refractivity contribution >= 4 is 34.8 Å². The highest BCUT2D eigenvalue weighted by atomic mass is 16.5. The Morgan fingerprint density at radius 3 is 2.71 bits per heavy atom. The van der Waals surface area contributed by atoms with Crippen LogP contribution in [0.3, 0.4) is 0 Å². The van der Waals surface area contributed by atoms with Gasteiger partial charge in [0.2, 0.25) is 5.91 Å². The van der Waals surface area contributed by atoms with Crippen LogP contribution in [0.25, 0.3) is 11.3 Å². The van der Waals surface area contributed by atoms with Crippen LogP contribution in [0.15, 0.2) is 18.5 Å². The topological polar surface area (TPSA) is 139 Å². The first-order valence-electron chi connectivity index (χ1n) is 12.6. The molecule has 3 aromatic rings. The second-order valence-electron chi connectivity index (χ2n) is 8.57. The predicted molar refractivity (Wildman–Crippen MR) is 130 cm³/mol. The van der Waals surface area contributed by atoms with Crippen LogP contribution in [-0.4, -0.2) is 57.9 Å². The molecule has 1 aliphatic carbocycles. The molecule has 0 radical (unpaired) electrons. The lowest BCUT2D eigenvalue weighted by Gasteiger charge is -2.34. The molecule has 1 atom stereocenters. The Labute approximate surface area is 206 Å². The lowest BCUT2D eigenvalue weighted by Crippen LogP contribution is -2.28. The van der Waals surface area contributed by atoms with E-state index in [9.17, 15) is 9.59 Å². The molecule has 3 N–H and O–H groups in total. The maximum atomic E-state index is 12.9. The number of fused-ring (bicyclic) bond motifs is 3. The van der Waals surface area contributed by atoms with Crippen molar-refractivity contribution in [3.05, 3.63) is 29.7 Å². The Morgan fingerprint density at radius 2 is 2.00 bits per heavy atom. The van der Waals surface area contributed by atoms with Gasteiger partial charge in [0.05, 0.1) is 41.9 Å². The number of ether oxygens (including phenoxy) is 1. The highest BCUT2D eigenvalue weighted by Gasteiger charge is 2.35. The smallest absolute Gasteiger partial charge is 0.254 e. The number of aromatic nitrogens is 5. The summed E-state index contributed by atoms with van der Waals surface area (Å²) in [5, 5.41) is 17.0. The number of carbonyl (C=O) groups excluding carboxylic acids is 2. The van der Waals surface area contributed by atoms with Crippen molar-refractivity contribution in [1.82, 2.24) is 30.3 Å². The van der Waals surface area contributed by atoms with Gasteiger partial charge in [-0.2, -0.15) is 15.0 Å². The van der Waals surface area contributed by atoms with Crippen molar-refractivity contribution in [3.8, 4) is 17.0 Å². The van der Waals surface area contributed by atoms with E-state index in [4.69, 9.17) is 8.85 Å². The summed E-state index contributed by atoms with van der Waals surface area (Å²) < 4.78 is 27.9. The van der Waals surface area contributed by atoms with Crippen molar-refractivity contribution in [2.45, 2.75) is 25.8 Å². The van der Waals surface area contributed by atoms with Gasteiger partial charge in [0.15, 0.2) is 5.82 Å². The van der Waals surface area contributed by atoms with E-state index in [2.05, 4.69) is 30.8 Å². The van der Waals surface area contributed by atoms with Crippen LogP contribution in [0, 0.1) is 5.92 Å². The lowest BCUT2D eigenvalue weighted by atomic mass is 9.97. The second kappa shape index (κ2) is 8.53. The molecule has 4 heterocycles. The summed E-state index contributed by atoms with van der Waals surface area (Å²) in [7, 11) is 5.15. The van der Waals surface area contributed by atoms with Gasteiger partial charge in [-0.25, -0.2) is 9.97 Å². The summed E-state index contributed by atoms with van der Waals surface area (Å²) >= 11 is 0. The maximum Gasteiger partial charge on any atom is 0.254 e. The third-order valence-corrected chi connectivity index (χ3v) is 6.26. The van der Waals surface area contributed by atoms with E-state index in [0.29, 0.717) is 28.5 Å². The minimum atomic E-state index is -2.71. The third kappa shape index (κ3) is 3.90. The zero-order valence-corrected chi connectivity index (χ0v) is 19.7. The Bertz CT molecular complexity index is 1440. The molecule has 5 rings (SSSR count). The van der Waals surface area contributed by atoms with Crippen LogP contribution in [0.1, 0.15) is 46.0 Å². The molecule has 0 bridgehead atoms. The van der Waals surface area contributed by atoms with Crippen LogP contribution in [0.2, 0.25) is 0 Å². The van der Waals surface area contributed by atoms with Crippen molar-refractivity contribution in [2.24, 2.45) is 13.0 Å². The van der Waals surface area contributed by atoms with Crippen LogP contribution in [0.4, 0.5) is 23.0 Å². The average Bonchev–Trinajstić information content (AvgIpc) is 3.62. The molecule has 3 aromatic heterocycles. The van der Waals surface area contributed by atoms with E-state index in [1.807, 2.05) is 24.2 Å². The van der Waals surface area contributed by atoms with Gasteiger partial charge in [-0.3, -0.25) is 9.59 Å². The number of rotatable bonds is 6. The number of anilines is 4. The molecule has 0 saturated heterocycles. The molecule has 0 aromatic carbocycles. The first-order chi connectivity index (χ1) is 18.0. The number of hydrogen-bond donors (Lipinski definition) is 3. The molecule has 1 aliphatic heterocycles. The van der Waals surface area contributed by atoms with Crippen LogP contribution in [-0.2, 0) is 11.8 Å². The molecule has 182 valence electrons. The second-order valence-corrected chi connectivity index (χ2v) is 8.57. The largest absolute Gasteiger partial charge is 0.494 e. The fraction of sp³-hybridized carbons (Fsp3) is 0.391. The van der Waals surface area contributed by atoms with Gasteiger partial charge in [-0.1, -0.05) is 0 Å². The standard InChI is InChI=1S/C23H27N9O3/c1-11-18-19(30-32(4)29-18)17-15(35-5)10-26-21(20(17)31(11)3)27-14-8-16(28-22(33)12-6-7-12)25-9-13(14)23(34)24-2/h8-12H,6-7H2,1-5H3,(H,24,34)(H2,25,26,27,28,33)/t11-/m1/s1/i2D3. The van der Waals surface area contributed by atoms with Gasteiger partial charge in [0.25, 0.3) is 5.91 Å². The molecular weight excluding hydrogens is 450 g/mol. The number of nitrogens with zero attached hydrogens (tertiary/aromatic N) is 6. The first kappa shape index (κ1) is 19.1. The molecule has 0 unspecified atom stereocenters. The SMILES string of the molecule is [2H]C([2H])([2H])NC(=O)c1cnc(NC(=O)C2CC2)cc1Nc1ncc(OC)c2c1N(C)[C@H](C)c1nn(C)nc1-2. The zero-order valence-electron chi connectivity index (χ0n) is 22.7. The average molecular weight is 481 g/mol. The van der Waals surface area contributed by atoms with Gasteiger partial charge < -0.3 is 25.6 Å². The van der Waals surface area contributed by atoms with Gasteiger partial charge in [-0.05, 0) is 19.8 Å². The number of nitrogens with one attached hydrogen (secondary N) is 3. The van der Waals surface area contributed by atoms with E-state index in [1.54, 1.807) is 7.05 Å². The molecule has 12 nitrogen and oxygen atoms in total. The number of methoxy groups -OCH3 is 1. The van der Waals surface area contributed by atoms with Crippen LogP contribution < -0.4 is 25.6 Å². The minimum absolute atomic E-state index is 0.0383. The summed E-state index contributed by atoms with van der Waals surface area (Å²) in [6, 6.07) is 1.32. The van der Waals surface area contributed by atoms with Crippen molar-refractivity contribution in [3.63, 3.8) is 0 Å². The third-order valence-electron chi connectivity index (χ3n) is 6.26. The summed E-state index contributed by atoms with van der Waals surface area (Å²) in [4.78, 5) is 37.4. The van der Waals surface area contributed by atoms with Crippen molar-refractivity contribution in [1.29, 1.82) is 0 Å². The van der Waals surface area contributed by atoms with E-state index in [-0.39, 0.29) is 34.9 Å². The minimum Gasteiger partial charge on any atom is -0.494 e. The fourth-order valence-corrected chi connectivity index (χ4v) is 4.14. The molecule has 12 heteroatoms. The van der Waals surface area contributed by atoms with Gasteiger partial charge >= 0.3 is 0 Å². The fourth-order valence-electron chi connectivity index (χ4n) is 4.14. The number of hydrogen-bond acceptors (Lipinski definition) is 9. The molecule has 1 fully saturated rings.